The number of benzene rings is 2. The van der Waals surface area contributed by atoms with Gasteiger partial charge in [-0.3, -0.25) is 4.79 Å². The first-order valence-electron chi connectivity index (χ1n) is 6.85. The monoisotopic (exact) mass is 285 g/mol. The molecule has 20 heavy (non-hydrogen) atoms. The highest BCUT2D eigenvalue weighted by molar-refractivity contribution is 6.33. The molecule has 1 aliphatic rings. The van der Waals surface area contributed by atoms with Crippen LogP contribution in [0.4, 0.5) is 5.69 Å². The van der Waals surface area contributed by atoms with Crippen molar-refractivity contribution in [3.05, 3.63) is 64.2 Å². The van der Waals surface area contributed by atoms with Crippen LogP contribution >= 0.6 is 11.6 Å². The van der Waals surface area contributed by atoms with Gasteiger partial charge >= 0.3 is 0 Å². The predicted octanol–water partition coefficient (Wildman–Crippen LogP) is 4.42. The maximum Gasteiger partial charge on any atom is 0.193 e. The number of ketones is 1. The van der Waals surface area contributed by atoms with Gasteiger partial charge in [-0.05, 0) is 42.5 Å². The van der Waals surface area contributed by atoms with Gasteiger partial charge in [-0.2, -0.15) is 0 Å². The third-order valence-corrected chi connectivity index (χ3v) is 4.35. The van der Waals surface area contributed by atoms with Crippen molar-refractivity contribution in [3.63, 3.8) is 0 Å². The van der Waals surface area contributed by atoms with Crippen LogP contribution in [-0.4, -0.2) is 5.78 Å². The second kappa shape index (κ2) is 5.29. The summed E-state index contributed by atoms with van der Waals surface area (Å²) in [6, 6.07) is 12.9. The van der Waals surface area contributed by atoms with Crippen LogP contribution in [0.2, 0.25) is 5.02 Å². The minimum Gasteiger partial charge on any atom is -0.398 e. The van der Waals surface area contributed by atoms with Gasteiger partial charge in [0.2, 0.25) is 0 Å². The average Bonchev–Trinajstić information content (AvgIpc) is 2.40. The lowest BCUT2D eigenvalue weighted by Gasteiger charge is -2.27. The maximum absolute atomic E-state index is 12.7. The molecule has 1 saturated carbocycles. The molecule has 3 heteroatoms. The van der Waals surface area contributed by atoms with Crippen LogP contribution in [0.5, 0.6) is 0 Å². The van der Waals surface area contributed by atoms with Crippen molar-refractivity contribution in [2.24, 2.45) is 0 Å². The van der Waals surface area contributed by atoms with Gasteiger partial charge in [-0.15, -0.1) is 0 Å². The maximum atomic E-state index is 12.7. The first kappa shape index (κ1) is 13.2. The number of hydrogen-bond acceptors (Lipinski definition) is 2. The van der Waals surface area contributed by atoms with Gasteiger partial charge < -0.3 is 5.73 Å². The largest absolute Gasteiger partial charge is 0.398 e. The van der Waals surface area contributed by atoms with E-state index in [0.717, 1.165) is 11.1 Å². The van der Waals surface area contributed by atoms with Crippen molar-refractivity contribution in [3.8, 4) is 0 Å². The van der Waals surface area contributed by atoms with Crippen LogP contribution in [0.25, 0.3) is 0 Å². The molecule has 0 heterocycles. The fraction of sp³-hybridized carbons (Fsp3) is 0.235. The second-order valence-electron chi connectivity index (χ2n) is 5.28. The van der Waals surface area contributed by atoms with Crippen molar-refractivity contribution in [2.75, 3.05) is 5.73 Å². The number of halogens is 1. The summed E-state index contributed by atoms with van der Waals surface area (Å²) in [6.45, 7) is 0. The van der Waals surface area contributed by atoms with Crippen LogP contribution in [0.1, 0.15) is 46.7 Å². The van der Waals surface area contributed by atoms with Crippen molar-refractivity contribution in [1.29, 1.82) is 0 Å². The smallest absolute Gasteiger partial charge is 0.193 e. The Morgan fingerprint density at radius 3 is 2.55 bits per heavy atom. The van der Waals surface area contributed by atoms with Crippen molar-refractivity contribution >= 4 is 23.1 Å². The Morgan fingerprint density at radius 1 is 1.15 bits per heavy atom. The highest BCUT2D eigenvalue weighted by atomic mass is 35.5. The minimum absolute atomic E-state index is 0.0240. The summed E-state index contributed by atoms with van der Waals surface area (Å²) in [5.74, 6) is 0.552. The number of rotatable bonds is 3. The summed E-state index contributed by atoms with van der Waals surface area (Å²) in [4.78, 5) is 12.7. The number of carbonyl (C=O) groups excluding carboxylic acids is 1. The summed E-state index contributed by atoms with van der Waals surface area (Å²) in [5, 5.41) is 0.480. The second-order valence-corrected chi connectivity index (χ2v) is 5.69. The average molecular weight is 286 g/mol. The Labute approximate surface area is 123 Å². The molecular weight excluding hydrogens is 270 g/mol. The van der Waals surface area contributed by atoms with Gasteiger partial charge in [0.15, 0.2) is 5.78 Å². The van der Waals surface area contributed by atoms with Gasteiger partial charge in [-0.1, -0.05) is 42.3 Å². The molecule has 2 nitrogen and oxygen atoms in total. The minimum atomic E-state index is 0.0240. The summed E-state index contributed by atoms with van der Waals surface area (Å²) in [6.07, 6.45) is 3.60. The molecule has 0 radical (unpaired) electrons. The zero-order chi connectivity index (χ0) is 14.1. The Morgan fingerprint density at radius 2 is 1.90 bits per heavy atom. The number of hydrogen-bond donors (Lipinski definition) is 1. The Balaban J connectivity index is 1.99. The molecule has 0 saturated heterocycles. The number of nitrogen functional groups attached to an aromatic ring is 1. The van der Waals surface area contributed by atoms with Crippen LogP contribution < -0.4 is 5.73 Å². The van der Waals surface area contributed by atoms with E-state index in [1.165, 1.54) is 19.3 Å². The molecule has 2 N–H and O–H groups in total. The van der Waals surface area contributed by atoms with Crippen molar-refractivity contribution in [2.45, 2.75) is 25.2 Å². The number of anilines is 1. The van der Waals surface area contributed by atoms with E-state index >= 15 is 0 Å². The summed E-state index contributed by atoms with van der Waals surface area (Å²) >= 11 is 5.91. The molecule has 2 aromatic carbocycles. The Bertz CT molecular complexity index is 662. The van der Waals surface area contributed by atoms with Gasteiger partial charge in [0.05, 0.1) is 10.7 Å². The van der Waals surface area contributed by atoms with Gasteiger partial charge in [-0.25, -0.2) is 0 Å². The predicted molar refractivity (Wildman–Crippen MR) is 82.3 cm³/mol. The SMILES string of the molecule is Nc1cc(C(=O)c2ccccc2C2CCC2)ccc1Cl. The first-order valence-corrected chi connectivity index (χ1v) is 7.23. The van der Waals surface area contributed by atoms with Crippen molar-refractivity contribution in [1.82, 2.24) is 0 Å². The topological polar surface area (TPSA) is 43.1 Å². The zero-order valence-corrected chi connectivity index (χ0v) is 11.9. The van der Waals surface area contributed by atoms with Crippen molar-refractivity contribution < 1.29 is 4.79 Å². The van der Waals surface area contributed by atoms with E-state index in [1.54, 1.807) is 18.2 Å². The normalized spacial score (nSPS) is 14.8. The third-order valence-electron chi connectivity index (χ3n) is 4.01. The lowest BCUT2D eigenvalue weighted by molar-refractivity contribution is 0.103. The van der Waals surface area contributed by atoms with Gasteiger partial charge in [0, 0.05) is 11.1 Å². The molecule has 0 bridgehead atoms. The van der Waals surface area contributed by atoms with E-state index in [2.05, 4.69) is 6.07 Å². The van der Waals surface area contributed by atoms with E-state index in [-0.39, 0.29) is 5.78 Å². The van der Waals surface area contributed by atoms with E-state index in [1.807, 2.05) is 18.2 Å². The van der Waals surface area contributed by atoms with Gasteiger partial charge in [0.25, 0.3) is 0 Å². The fourth-order valence-corrected chi connectivity index (χ4v) is 2.74. The highest BCUT2D eigenvalue weighted by Crippen LogP contribution is 2.38. The van der Waals surface area contributed by atoms with E-state index in [4.69, 9.17) is 17.3 Å². The molecule has 1 aliphatic carbocycles. The number of nitrogens with two attached hydrogens (primary N) is 1. The summed E-state index contributed by atoms with van der Waals surface area (Å²) < 4.78 is 0. The molecular formula is C17H16ClNO. The molecule has 0 unspecified atom stereocenters. The fourth-order valence-electron chi connectivity index (χ4n) is 2.62. The Hall–Kier alpha value is -1.80. The molecule has 0 aromatic heterocycles. The molecule has 2 aromatic rings. The zero-order valence-electron chi connectivity index (χ0n) is 11.1. The third kappa shape index (κ3) is 2.32. The molecule has 1 fully saturated rings. The van der Waals surface area contributed by atoms with Gasteiger partial charge in [0.1, 0.15) is 0 Å². The summed E-state index contributed by atoms with van der Waals surface area (Å²) in [7, 11) is 0. The van der Waals surface area contributed by atoms with E-state index in [0.29, 0.717) is 22.2 Å². The molecule has 3 rings (SSSR count). The molecule has 102 valence electrons. The molecule has 0 atom stereocenters. The van der Waals surface area contributed by atoms with Crippen LogP contribution in [0.15, 0.2) is 42.5 Å². The lowest BCUT2D eigenvalue weighted by atomic mass is 9.77. The summed E-state index contributed by atoms with van der Waals surface area (Å²) in [5.41, 5.74) is 8.78. The van der Waals surface area contributed by atoms with E-state index in [9.17, 15) is 4.79 Å². The van der Waals surface area contributed by atoms with Crippen LogP contribution in [-0.2, 0) is 0 Å². The van der Waals surface area contributed by atoms with E-state index < -0.39 is 0 Å². The standard InChI is InChI=1S/C17H16ClNO/c18-15-9-8-12(10-16(15)19)17(20)14-7-2-1-6-13(14)11-4-3-5-11/h1-2,6-11H,3-5,19H2. The van der Waals surface area contributed by atoms with Crippen LogP contribution in [0.3, 0.4) is 0 Å². The number of carbonyl (C=O) groups is 1. The molecule has 0 amide bonds. The van der Waals surface area contributed by atoms with Crippen LogP contribution in [0, 0.1) is 0 Å². The molecule has 0 spiro atoms. The first-order chi connectivity index (χ1) is 9.66. The molecule has 0 aliphatic heterocycles. The lowest BCUT2D eigenvalue weighted by Crippen LogP contribution is -2.14. The highest BCUT2D eigenvalue weighted by Gasteiger charge is 2.24. The quantitative estimate of drug-likeness (QED) is 0.670. The Kier molecular flexibility index (Phi) is 3.49.